The number of hydrogen-bond acceptors (Lipinski definition) is 4. The van der Waals surface area contributed by atoms with Gasteiger partial charge in [-0.1, -0.05) is 6.42 Å². The van der Waals surface area contributed by atoms with Gasteiger partial charge < -0.3 is 0 Å². The smallest absolute Gasteiger partial charge is 0.287 e. The number of aromatic amines is 1. The van der Waals surface area contributed by atoms with Crippen LogP contribution < -0.4 is 0 Å². The molecular weight excluding hydrogens is 307 g/mol. The fraction of sp³-hybridized carbons (Fsp3) is 0.533. The second kappa shape index (κ2) is 6.27. The number of likely N-dealkylation sites (tertiary alicyclic amines) is 1. The average Bonchev–Trinajstić information content (AvgIpc) is 2.94. The first-order valence-corrected chi connectivity index (χ1v) is 7.59. The predicted molar refractivity (Wildman–Crippen MR) is 77.4 cm³/mol. The number of aromatic nitrogens is 4. The van der Waals surface area contributed by atoms with E-state index in [1.165, 1.54) is 12.3 Å². The molecule has 1 aliphatic rings. The molecule has 5 nitrogen and oxygen atoms in total. The summed E-state index contributed by atoms with van der Waals surface area (Å²) in [4.78, 5) is 10.3. The Labute approximate surface area is 131 Å². The van der Waals surface area contributed by atoms with Crippen molar-refractivity contribution in [2.24, 2.45) is 0 Å². The number of piperidine rings is 1. The minimum atomic E-state index is -4.39. The number of rotatable bonds is 3. The third-order valence-electron chi connectivity index (χ3n) is 4.07. The van der Waals surface area contributed by atoms with Gasteiger partial charge in [0.15, 0.2) is 5.82 Å². The molecule has 2 aromatic heterocycles. The summed E-state index contributed by atoms with van der Waals surface area (Å²) in [5.41, 5.74) is -0.616. The topological polar surface area (TPSA) is 57.7 Å². The maximum absolute atomic E-state index is 13.1. The SMILES string of the molecule is Cc1nc([C@H]2CCCCN2Cc2ncccc2C(F)(F)F)n[nH]1. The zero-order valence-corrected chi connectivity index (χ0v) is 12.8. The highest BCUT2D eigenvalue weighted by Crippen LogP contribution is 2.34. The number of halogens is 3. The van der Waals surface area contributed by atoms with Gasteiger partial charge in [-0.15, -0.1) is 0 Å². The summed E-state index contributed by atoms with van der Waals surface area (Å²) >= 11 is 0. The van der Waals surface area contributed by atoms with Crippen molar-refractivity contribution in [3.8, 4) is 0 Å². The Hall–Kier alpha value is -1.96. The number of H-pyrrole nitrogens is 1. The summed E-state index contributed by atoms with van der Waals surface area (Å²) in [5.74, 6) is 1.35. The Bertz CT molecular complexity index is 667. The van der Waals surface area contributed by atoms with Gasteiger partial charge in [-0.2, -0.15) is 18.3 Å². The number of aryl methyl sites for hydroxylation is 1. The highest BCUT2D eigenvalue weighted by atomic mass is 19.4. The summed E-state index contributed by atoms with van der Waals surface area (Å²) in [6, 6.07) is 2.33. The molecular formula is C15H18F3N5. The largest absolute Gasteiger partial charge is 0.418 e. The Balaban J connectivity index is 1.86. The van der Waals surface area contributed by atoms with Gasteiger partial charge in [-0.25, -0.2) is 4.98 Å². The van der Waals surface area contributed by atoms with Crippen LogP contribution in [0.15, 0.2) is 18.3 Å². The van der Waals surface area contributed by atoms with Gasteiger partial charge in [0.05, 0.1) is 17.3 Å². The van der Waals surface area contributed by atoms with Crippen LogP contribution >= 0.6 is 0 Å². The summed E-state index contributed by atoms with van der Waals surface area (Å²) in [7, 11) is 0. The summed E-state index contributed by atoms with van der Waals surface area (Å²) in [5, 5.41) is 6.98. The van der Waals surface area contributed by atoms with Crippen LogP contribution in [0.4, 0.5) is 13.2 Å². The molecule has 1 saturated heterocycles. The molecule has 8 heteroatoms. The number of nitrogens with zero attached hydrogens (tertiary/aromatic N) is 4. The van der Waals surface area contributed by atoms with E-state index in [2.05, 4.69) is 20.2 Å². The van der Waals surface area contributed by atoms with Crippen molar-refractivity contribution in [2.45, 2.75) is 44.9 Å². The lowest BCUT2D eigenvalue weighted by molar-refractivity contribution is -0.138. The molecule has 0 aliphatic carbocycles. The molecule has 0 radical (unpaired) electrons. The van der Waals surface area contributed by atoms with Crippen LogP contribution in [-0.2, 0) is 12.7 Å². The molecule has 124 valence electrons. The van der Waals surface area contributed by atoms with Crippen LogP contribution in [0.3, 0.4) is 0 Å². The molecule has 1 aliphatic heterocycles. The average molecular weight is 325 g/mol. The van der Waals surface area contributed by atoms with Gasteiger partial charge in [-0.05, 0) is 38.4 Å². The van der Waals surface area contributed by atoms with E-state index in [9.17, 15) is 13.2 Å². The van der Waals surface area contributed by atoms with Crippen LogP contribution in [0.2, 0.25) is 0 Å². The van der Waals surface area contributed by atoms with Crippen molar-refractivity contribution in [1.29, 1.82) is 0 Å². The predicted octanol–water partition coefficient (Wildman–Crippen LogP) is 3.25. The summed E-state index contributed by atoms with van der Waals surface area (Å²) < 4.78 is 39.4. The maximum atomic E-state index is 13.1. The Morgan fingerprint density at radius 1 is 1.35 bits per heavy atom. The standard InChI is InChI=1S/C15H18F3N5/c1-10-20-14(22-21-10)13-6-2-3-8-23(13)9-12-11(15(16,17)18)5-4-7-19-12/h4-5,7,13H,2-3,6,8-9H2,1H3,(H,20,21,22)/t13-/m1/s1. The molecule has 3 heterocycles. The fourth-order valence-corrected chi connectivity index (χ4v) is 3.00. The minimum Gasteiger partial charge on any atom is -0.287 e. The van der Waals surface area contributed by atoms with Crippen molar-refractivity contribution in [1.82, 2.24) is 25.1 Å². The minimum absolute atomic E-state index is 0.0548. The molecule has 3 rings (SSSR count). The molecule has 0 aromatic carbocycles. The van der Waals surface area contributed by atoms with E-state index in [0.717, 1.165) is 25.3 Å². The Kier molecular flexibility index (Phi) is 4.34. The molecule has 0 unspecified atom stereocenters. The van der Waals surface area contributed by atoms with Gasteiger partial charge in [0.25, 0.3) is 0 Å². The van der Waals surface area contributed by atoms with Crippen LogP contribution in [0.5, 0.6) is 0 Å². The molecule has 0 spiro atoms. The number of hydrogen-bond donors (Lipinski definition) is 1. The van der Waals surface area contributed by atoms with Crippen molar-refractivity contribution >= 4 is 0 Å². The van der Waals surface area contributed by atoms with E-state index in [4.69, 9.17) is 0 Å². The summed E-state index contributed by atoms with van der Waals surface area (Å²) in [6.07, 6.45) is -0.181. The normalized spacial score (nSPS) is 19.9. The molecule has 1 fully saturated rings. The van der Waals surface area contributed by atoms with Crippen molar-refractivity contribution in [3.05, 3.63) is 41.2 Å². The highest BCUT2D eigenvalue weighted by molar-refractivity contribution is 5.23. The van der Waals surface area contributed by atoms with Gasteiger partial charge in [0.1, 0.15) is 5.82 Å². The van der Waals surface area contributed by atoms with Crippen LogP contribution in [0.25, 0.3) is 0 Å². The van der Waals surface area contributed by atoms with Crippen molar-refractivity contribution in [3.63, 3.8) is 0 Å². The second-order valence-electron chi connectivity index (χ2n) is 5.76. The van der Waals surface area contributed by atoms with Crippen LogP contribution in [0, 0.1) is 6.92 Å². The first-order valence-electron chi connectivity index (χ1n) is 7.59. The maximum Gasteiger partial charge on any atom is 0.418 e. The molecule has 0 bridgehead atoms. The van der Waals surface area contributed by atoms with Gasteiger partial charge in [0, 0.05) is 12.7 Å². The van der Waals surface area contributed by atoms with Gasteiger partial charge >= 0.3 is 6.18 Å². The third kappa shape index (κ3) is 3.52. The van der Waals surface area contributed by atoms with E-state index >= 15 is 0 Å². The lowest BCUT2D eigenvalue weighted by Gasteiger charge is -2.34. The molecule has 0 amide bonds. The Morgan fingerprint density at radius 3 is 2.87 bits per heavy atom. The zero-order chi connectivity index (χ0) is 16.4. The van der Waals surface area contributed by atoms with Crippen molar-refractivity contribution in [2.75, 3.05) is 6.54 Å². The zero-order valence-electron chi connectivity index (χ0n) is 12.8. The lowest BCUT2D eigenvalue weighted by atomic mass is 10.0. The third-order valence-corrected chi connectivity index (χ3v) is 4.07. The van der Waals surface area contributed by atoms with E-state index < -0.39 is 11.7 Å². The van der Waals surface area contributed by atoms with E-state index in [0.29, 0.717) is 18.2 Å². The summed E-state index contributed by atoms with van der Waals surface area (Å²) in [6.45, 7) is 2.67. The fourth-order valence-electron chi connectivity index (χ4n) is 3.00. The number of alkyl halides is 3. The number of nitrogens with one attached hydrogen (secondary N) is 1. The van der Waals surface area contributed by atoms with Gasteiger partial charge in [-0.3, -0.25) is 15.0 Å². The van der Waals surface area contributed by atoms with Crippen molar-refractivity contribution < 1.29 is 13.2 Å². The van der Waals surface area contributed by atoms with E-state index in [-0.39, 0.29) is 18.3 Å². The number of pyridine rings is 1. The Morgan fingerprint density at radius 2 is 2.17 bits per heavy atom. The van der Waals surface area contributed by atoms with Crippen LogP contribution in [0.1, 0.15) is 48.2 Å². The first kappa shape index (κ1) is 15.9. The molecule has 0 saturated carbocycles. The van der Waals surface area contributed by atoms with E-state index in [1.807, 2.05) is 11.8 Å². The molecule has 23 heavy (non-hydrogen) atoms. The molecule has 1 N–H and O–H groups in total. The highest BCUT2D eigenvalue weighted by Gasteiger charge is 2.35. The van der Waals surface area contributed by atoms with Crippen LogP contribution in [-0.4, -0.2) is 31.6 Å². The molecule has 1 atom stereocenters. The van der Waals surface area contributed by atoms with E-state index in [1.54, 1.807) is 0 Å². The second-order valence-corrected chi connectivity index (χ2v) is 5.76. The quantitative estimate of drug-likeness (QED) is 0.941. The first-order chi connectivity index (χ1) is 10.9. The molecule has 2 aromatic rings. The lowest BCUT2D eigenvalue weighted by Crippen LogP contribution is -2.34. The van der Waals surface area contributed by atoms with Gasteiger partial charge in [0.2, 0.25) is 0 Å². The monoisotopic (exact) mass is 325 g/mol.